The van der Waals surface area contributed by atoms with Crippen LogP contribution in [0.2, 0.25) is 0 Å². The molecule has 5 aliphatic rings. The quantitative estimate of drug-likeness (QED) is 0.188. The second kappa shape index (κ2) is 12.6. The molecule has 1 heterocycles. The molecule has 3 fully saturated rings. The van der Waals surface area contributed by atoms with Crippen molar-refractivity contribution in [2.24, 2.45) is 56.7 Å². The molecule has 2 saturated carbocycles. The van der Waals surface area contributed by atoms with Gasteiger partial charge in [-0.15, -0.1) is 0 Å². The Balaban J connectivity index is 1.55. The van der Waals surface area contributed by atoms with Crippen molar-refractivity contribution in [3.63, 3.8) is 0 Å². The smallest absolute Gasteiger partial charge is 0.311 e. The summed E-state index contributed by atoms with van der Waals surface area (Å²) in [5, 5.41) is 52.4. The Bertz CT molecular complexity index is 1290. The van der Waals surface area contributed by atoms with E-state index in [1.165, 1.54) is 18.3 Å². The number of allylic oxidation sites excluding steroid dienone is 2. The number of hydrogen-bond acceptors (Lipinski definition) is 9. The molecule has 10 nitrogen and oxygen atoms in total. The third kappa shape index (κ3) is 5.25. The van der Waals surface area contributed by atoms with E-state index in [9.17, 15) is 35.1 Å². The summed E-state index contributed by atoms with van der Waals surface area (Å²) in [6.45, 7) is 19.3. The highest BCUT2D eigenvalue weighted by molar-refractivity contribution is 5.74. The van der Waals surface area contributed by atoms with E-state index in [4.69, 9.17) is 14.2 Å². The van der Waals surface area contributed by atoms with Gasteiger partial charge in [0.2, 0.25) is 0 Å². The summed E-state index contributed by atoms with van der Waals surface area (Å²) < 4.78 is 17.6. The number of ether oxygens (including phenoxy) is 3. The summed E-state index contributed by atoms with van der Waals surface area (Å²) in [6, 6.07) is 0. The number of methoxy groups -OCH3 is 1. The lowest BCUT2D eigenvalue weighted by molar-refractivity contribution is -0.331. The number of hydrogen-bond donors (Lipinski definition) is 5. The fraction of sp³-hybridized carbons (Fsp3) is 0.895. The van der Waals surface area contributed by atoms with E-state index in [1.807, 2.05) is 0 Å². The maximum atomic E-state index is 13.6. The van der Waals surface area contributed by atoms with Crippen LogP contribution in [0.15, 0.2) is 11.1 Å². The van der Waals surface area contributed by atoms with E-state index in [0.29, 0.717) is 12.3 Å². The summed E-state index contributed by atoms with van der Waals surface area (Å²) in [4.78, 5) is 27.0. The second-order valence-corrected chi connectivity index (χ2v) is 17.9. The van der Waals surface area contributed by atoms with Crippen molar-refractivity contribution in [2.45, 2.75) is 144 Å². The molecule has 4 aliphatic carbocycles. The van der Waals surface area contributed by atoms with Crippen LogP contribution >= 0.6 is 0 Å². The van der Waals surface area contributed by atoms with Gasteiger partial charge >= 0.3 is 11.9 Å². The molecule has 0 bridgehead atoms. The van der Waals surface area contributed by atoms with Gasteiger partial charge in [0.1, 0.15) is 24.4 Å². The van der Waals surface area contributed by atoms with Crippen molar-refractivity contribution in [3.8, 4) is 0 Å². The van der Waals surface area contributed by atoms with E-state index in [2.05, 4.69) is 62.3 Å². The molecular weight excluding hydrogens is 616 g/mol. The molecule has 1 saturated heterocycles. The normalized spacial score (nSPS) is 47.9. The van der Waals surface area contributed by atoms with Crippen molar-refractivity contribution < 1.29 is 49.3 Å². The molecule has 5 rings (SSSR count). The average Bonchev–Trinajstić information content (AvgIpc) is 3.01. The topological polar surface area (TPSA) is 163 Å². The highest BCUT2D eigenvalue weighted by Gasteiger charge is 2.68. The van der Waals surface area contributed by atoms with E-state index in [-0.39, 0.29) is 28.1 Å². The number of fused-ring (bicyclic) bond motifs is 4. The summed E-state index contributed by atoms with van der Waals surface area (Å²) in [6.07, 6.45) is -2.53. The van der Waals surface area contributed by atoms with Crippen LogP contribution in [0.1, 0.15) is 107 Å². The fourth-order valence-electron chi connectivity index (χ4n) is 12.2. The largest absolute Gasteiger partial charge is 0.481 e. The van der Waals surface area contributed by atoms with Crippen LogP contribution in [-0.2, 0) is 23.8 Å². The molecule has 1 aliphatic heterocycles. The molecule has 5 N–H and O–H groups in total. The van der Waals surface area contributed by atoms with Crippen LogP contribution in [0, 0.1) is 56.7 Å². The zero-order chi connectivity index (χ0) is 35.9. The number of aliphatic hydroxyl groups excluding tert-OH is 4. The van der Waals surface area contributed by atoms with Gasteiger partial charge in [-0.25, -0.2) is 0 Å². The molecule has 14 atom stereocenters. The van der Waals surface area contributed by atoms with Crippen molar-refractivity contribution >= 4 is 11.9 Å². The lowest BCUT2D eigenvalue weighted by Crippen LogP contribution is -2.65. The van der Waals surface area contributed by atoms with Crippen LogP contribution in [0.25, 0.3) is 0 Å². The number of carboxylic acid groups (broad SMARTS) is 1. The van der Waals surface area contributed by atoms with Crippen LogP contribution < -0.4 is 0 Å². The second-order valence-electron chi connectivity index (χ2n) is 17.9. The van der Waals surface area contributed by atoms with E-state index in [0.717, 1.165) is 38.5 Å². The molecule has 10 heteroatoms. The number of carbonyl (C=O) groups excluding carboxylic acids is 1. The zero-order valence-electron chi connectivity index (χ0n) is 30.8. The molecule has 0 aromatic heterocycles. The molecule has 0 aromatic rings. The predicted molar refractivity (Wildman–Crippen MR) is 178 cm³/mol. The molecule has 0 amide bonds. The lowest BCUT2D eigenvalue weighted by atomic mass is 9.36. The van der Waals surface area contributed by atoms with Crippen LogP contribution in [0.3, 0.4) is 0 Å². The highest BCUT2D eigenvalue weighted by atomic mass is 16.7. The summed E-state index contributed by atoms with van der Waals surface area (Å²) in [5.74, 6) is -1.63. The van der Waals surface area contributed by atoms with Gasteiger partial charge in [-0.05, 0) is 89.8 Å². The molecule has 0 spiro atoms. The standard InChI is InChI=1S/C38H62O10/c1-19(2)20(3)35(6)15-16-37(8)23-11-12-25-34(4,5)30(48-33-28(42)27(41)26(40)24(18-39)47-33)21(32(45)46-10)17-36(25,7)22(23)13-14-38(37,9)29(35)31(43)44/h19-21,24-30,33,39-42H,11-18H2,1-10H3,(H,43,44)/t20-,21-,24-,25+,26+,27+,28-,29-,30+,33-,35-,36-,37-,38+/m1/s1. The van der Waals surface area contributed by atoms with Gasteiger partial charge in [0.25, 0.3) is 0 Å². The Labute approximate surface area is 286 Å². The number of carboxylic acids is 1. The van der Waals surface area contributed by atoms with E-state index in [1.54, 1.807) is 0 Å². The van der Waals surface area contributed by atoms with Gasteiger partial charge < -0.3 is 39.7 Å². The third-order valence-corrected chi connectivity index (χ3v) is 15.3. The van der Waals surface area contributed by atoms with Crippen LogP contribution in [-0.4, -0.2) is 88.0 Å². The first-order valence-corrected chi connectivity index (χ1v) is 18.2. The minimum Gasteiger partial charge on any atom is -0.481 e. The van der Waals surface area contributed by atoms with Crippen LogP contribution in [0.4, 0.5) is 0 Å². The van der Waals surface area contributed by atoms with Gasteiger partial charge in [0, 0.05) is 0 Å². The van der Waals surface area contributed by atoms with Gasteiger partial charge in [0.05, 0.1) is 31.7 Å². The first-order chi connectivity index (χ1) is 22.2. The Morgan fingerprint density at radius 2 is 1.56 bits per heavy atom. The maximum Gasteiger partial charge on any atom is 0.311 e. The molecular formula is C38H62O10. The predicted octanol–water partition coefficient (Wildman–Crippen LogP) is 4.70. The molecule has 0 unspecified atom stereocenters. The van der Waals surface area contributed by atoms with Gasteiger partial charge in [-0.3, -0.25) is 9.59 Å². The molecule has 0 radical (unpaired) electrons. The minimum atomic E-state index is -1.59. The van der Waals surface area contributed by atoms with E-state index >= 15 is 0 Å². The van der Waals surface area contributed by atoms with Gasteiger partial charge in [-0.2, -0.15) is 0 Å². The van der Waals surface area contributed by atoms with Gasteiger partial charge in [0.15, 0.2) is 6.29 Å². The van der Waals surface area contributed by atoms with E-state index < -0.39 is 78.0 Å². The van der Waals surface area contributed by atoms with Crippen molar-refractivity contribution in [1.29, 1.82) is 0 Å². The number of aliphatic hydroxyl groups is 4. The molecule has 48 heavy (non-hydrogen) atoms. The Morgan fingerprint density at radius 1 is 0.917 bits per heavy atom. The summed E-state index contributed by atoms with van der Waals surface area (Å²) in [5.41, 5.74) is 0.669. The van der Waals surface area contributed by atoms with Crippen molar-refractivity contribution in [2.75, 3.05) is 13.7 Å². The van der Waals surface area contributed by atoms with Crippen molar-refractivity contribution in [1.82, 2.24) is 0 Å². The number of carbonyl (C=O) groups is 2. The Morgan fingerprint density at radius 3 is 2.12 bits per heavy atom. The minimum absolute atomic E-state index is 0.0811. The SMILES string of the molecule is COC(=O)[C@@H]1C[C@]2(C)C3=C(CC[C@H]2C(C)(C)[C@H]1O[C@H]1O[C@H](CO)[C@H](O)[C@H](O)[C@H]1O)[C@@]1(C)CC[C@](C)([C@H](C)C(C)C)[C@@H](C(=O)O)[C@]1(C)CC3. The number of esters is 1. The molecule has 0 aromatic carbocycles. The third-order valence-electron chi connectivity index (χ3n) is 15.3. The zero-order valence-corrected chi connectivity index (χ0v) is 30.8. The summed E-state index contributed by atoms with van der Waals surface area (Å²) in [7, 11) is 1.36. The maximum absolute atomic E-state index is 13.6. The average molecular weight is 679 g/mol. The van der Waals surface area contributed by atoms with Gasteiger partial charge in [-0.1, -0.05) is 73.5 Å². The van der Waals surface area contributed by atoms with Crippen LogP contribution in [0.5, 0.6) is 0 Å². The Kier molecular flexibility index (Phi) is 9.88. The monoisotopic (exact) mass is 678 g/mol. The fourth-order valence-corrected chi connectivity index (χ4v) is 12.2. The highest BCUT2D eigenvalue weighted by Crippen LogP contribution is 2.74. The van der Waals surface area contributed by atoms with Crippen molar-refractivity contribution in [3.05, 3.63) is 11.1 Å². The Hall–Kier alpha value is -1.56. The number of aliphatic carboxylic acids is 1. The number of rotatable bonds is 7. The molecule has 274 valence electrons. The first-order valence-electron chi connectivity index (χ1n) is 18.2. The summed E-state index contributed by atoms with van der Waals surface area (Å²) >= 11 is 0. The lowest BCUT2D eigenvalue weighted by Gasteiger charge is -2.68. The first kappa shape index (κ1) is 37.7.